The molecule has 3 atom stereocenters. The van der Waals surface area contributed by atoms with Crippen LogP contribution in [-0.4, -0.2) is 65.7 Å². The summed E-state index contributed by atoms with van der Waals surface area (Å²) in [6, 6.07) is 0. The van der Waals surface area contributed by atoms with Gasteiger partial charge in [-0.25, -0.2) is 4.57 Å². The molecule has 0 saturated carbocycles. The Balaban J connectivity index is 4.33. The van der Waals surface area contributed by atoms with Gasteiger partial charge in [-0.1, -0.05) is 127 Å². The van der Waals surface area contributed by atoms with Crippen molar-refractivity contribution in [1.82, 2.24) is 0 Å². The first-order valence-electron chi connectivity index (χ1n) is 20.4. The van der Waals surface area contributed by atoms with Crippen LogP contribution in [0.25, 0.3) is 0 Å². The van der Waals surface area contributed by atoms with Gasteiger partial charge in [0.1, 0.15) is 12.7 Å². The molecule has 0 aliphatic carbocycles. The molecule has 304 valence electrons. The molecule has 3 N–H and O–H groups in total. The summed E-state index contributed by atoms with van der Waals surface area (Å²) in [5.74, 6) is -0.945. The first-order chi connectivity index (χ1) is 25.2. The molecule has 0 aromatic rings. The van der Waals surface area contributed by atoms with E-state index in [0.29, 0.717) is 12.8 Å². The highest BCUT2D eigenvalue weighted by Crippen LogP contribution is 2.43. The highest BCUT2D eigenvalue weighted by atomic mass is 31.2. The van der Waals surface area contributed by atoms with Gasteiger partial charge in [0.25, 0.3) is 0 Å². The van der Waals surface area contributed by atoms with E-state index in [2.05, 4.69) is 54.8 Å². The first kappa shape index (κ1) is 50.2. The van der Waals surface area contributed by atoms with E-state index in [0.717, 1.165) is 70.6 Å². The summed E-state index contributed by atoms with van der Waals surface area (Å²) < 4.78 is 32.6. The predicted molar refractivity (Wildman–Crippen MR) is 210 cm³/mol. The monoisotopic (exact) mass is 759 g/mol. The Morgan fingerprint density at radius 2 is 1.00 bits per heavy atom. The number of hydrogen-bond donors (Lipinski definition) is 3. The molecule has 10 nitrogen and oxygen atoms in total. The summed E-state index contributed by atoms with van der Waals surface area (Å²) in [6.07, 6.45) is 36.8. The van der Waals surface area contributed by atoms with Crippen LogP contribution >= 0.6 is 7.82 Å². The van der Waals surface area contributed by atoms with Crippen molar-refractivity contribution in [2.24, 2.45) is 0 Å². The quantitative estimate of drug-likeness (QED) is 0.0240. The fourth-order valence-electron chi connectivity index (χ4n) is 5.31. The van der Waals surface area contributed by atoms with Crippen LogP contribution in [0, 0.1) is 0 Å². The number of hydrogen-bond acceptors (Lipinski definition) is 9. The summed E-state index contributed by atoms with van der Waals surface area (Å²) in [5, 5.41) is 18.3. The van der Waals surface area contributed by atoms with E-state index in [-0.39, 0.29) is 19.4 Å². The minimum atomic E-state index is -4.62. The van der Waals surface area contributed by atoms with Crippen LogP contribution in [-0.2, 0) is 32.7 Å². The van der Waals surface area contributed by atoms with Gasteiger partial charge in [-0.15, -0.1) is 0 Å². The molecule has 0 aromatic heterocycles. The minimum Gasteiger partial charge on any atom is -0.462 e. The second kappa shape index (κ2) is 37.5. The molecule has 11 heteroatoms. The molecule has 0 aromatic carbocycles. The Morgan fingerprint density at radius 1 is 0.577 bits per heavy atom. The molecular formula is C41H75O10P. The lowest BCUT2D eigenvalue weighted by Crippen LogP contribution is -2.29. The van der Waals surface area contributed by atoms with Crippen LogP contribution in [0.2, 0.25) is 0 Å². The maximum atomic E-state index is 12.5. The number of aliphatic hydroxyl groups excluding tert-OH is 2. The van der Waals surface area contributed by atoms with Gasteiger partial charge < -0.3 is 24.6 Å². The molecule has 0 aliphatic rings. The number of carbonyl (C=O) groups excluding carboxylic acids is 2. The molecule has 0 heterocycles. The Kier molecular flexibility index (Phi) is 36.2. The number of rotatable bonds is 38. The lowest BCUT2D eigenvalue weighted by molar-refractivity contribution is -0.161. The van der Waals surface area contributed by atoms with Crippen molar-refractivity contribution >= 4 is 19.8 Å². The minimum absolute atomic E-state index is 0.172. The van der Waals surface area contributed by atoms with Crippen molar-refractivity contribution in [2.75, 3.05) is 26.4 Å². The van der Waals surface area contributed by atoms with Crippen LogP contribution in [0.1, 0.15) is 174 Å². The molecule has 0 radical (unpaired) electrons. The van der Waals surface area contributed by atoms with Crippen molar-refractivity contribution in [2.45, 2.75) is 187 Å². The van der Waals surface area contributed by atoms with Gasteiger partial charge in [0.15, 0.2) is 6.10 Å². The highest BCUT2D eigenvalue weighted by Gasteiger charge is 2.27. The van der Waals surface area contributed by atoms with Crippen LogP contribution in [0.3, 0.4) is 0 Å². The van der Waals surface area contributed by atoms with E-state index in [9.17, 15) is 24.2 Å². The first-order valence-corrected chi connectivity index (χ1v) is 21.9. The van der Waals surface area contributed by atoms with E-state index in [1.54, 1.807) is 0 Å². The summed E-state index contributed by atoms with van der Waals surface area (Å²) in [5.41, 5.74) is 0. The lowest BCUT2D eigenvalue weighted by atomic mass is 10.1. The number of unbranched alkanes of at least 4 members (excludes halogenated alkanes) is 18. The maximum Gasteiger partial charge on any atom is 0.472 e. The third kappa shape index (κ3) is 36.5. The Hall–Kier alpha value is -1.81. The van der Waals surface area contributed by atoms with Gasteiger partial charge in [-0.2, -0.15) is 0 Å². The van der Waals surface area contributed by atoms with Crippen molar-refractivity contribution in [3.8, 4) is 0 Å². The fraction of sp³-hybridized carbons (Fsp3) is 0.805. The lowest BCUT2D eigenvalue weighted by Gasteiger charge is -2.20. The van der Waals surface area contributed by atoms with E-state index >= 15 is 0 Å². The summed E-state index contributed by atoms with van der Waals surface area (Å²) in [7, 11) is -4.62. The Bertz CT molecular complexity index is 967. The third-order valence-corrected chi connectivity index (χ3v) is 9.47. The average molecular weight is 759 g/mol. The van der Waals surface area contributed by atoms with E-state index in [1.165, 1.54) is 64.2 Å². The van der Waals surface area contributed by atoms with E-state index in [4.69, 9.17) is 19.1 Å². The van der Waals surface area contributed by atoms with Crippen LogP contribution in [0.5, 0.6) is 0 Å². The molecule has 1 unspecified atom stereocenters. The fourth-order valence-corrected chi connectivity index (χ4v) is 6.10. The molecule has 0 aliphatic heterocycles. The Labute approximate surface area is 316 Å². The number of esters is 2. The van der Waals surface area contributed by atoms with Crippen LogP contribution < -0.4 is 0 Å². The van der Waals surface area contributed by atoms with Gasteiger partial charge in [0, 0.05) is 12.8 Å². The molecule has 0 bridgehead atoms. The largest absolute Gasteiger partial charge is 0.472 e. The second-order valence-electron chi connectivity index (χ2n) is 13.7. The zero-order valence-electron chi connectivity index (χ0n) is 32.8. The summed E-state index contributed by atoms with van der Waals surface area (Å²) >= 11 is 0. The number of phosphoric ester groups is 1. The molecule has 0 rings (SSSR count). The van der Waals surface area contributed by atoms with E-state index < -0.39 is 51.8 Å². The van der Waals surface area contributed by atoms with Gasteiger partial charge in [0.2, 0.25) is 0 Å². The van der Waals surface area contributed by atoms with Crippen LogP contribution in [0.15, 0.2) is 36.5 Å². The van der Waals surface area contributed by atoms with Crippen molar-refractivity contribution in [1.29, 1.82) is 0 Å². The number of ether oxygens (including phenoxy) is 2. The van der Waals surface area contributed by atoms with E-state index in [1.807, 2.05) is 0 Å². The highest BCUT2D eigenvalue weighted by molar-refractivity contribution is 7.47. The number of aliphatic hydroxyl groups is 2. The zero-order valence-corrected chi connectivity index (χ0v) is 33.7. The maximum absolute atomic E-state index is 12.5. The van der Waals surface area contributed by atoms with Gasteiger partial charge in [-0.05, 0) is 70.6 Å². The summed E-state index contributed by atoms with van der Waals surface area (Å²) in [6.45, 7) is 2.30. The molecule has 0 spiro atoms. The molecule has 0 amide bonds. The molecular weight excluding hydrogens is 683 g/mol. The SMILES string of the molecule is CCCCC/C=C/C/C=C/CCCCCCCCCC(=O)OC[C@@H](COP(=O)(O)OC[C@H](O)CO)OC(=O)CCCCCCC/C=C/CCCCC. The smallest absolute Gasteiger partial charge is 0.462 e. The summed E-state index contributed by atoms with van der Waals surface area (Å²) in [4.78, 5) is 34.9. The Morgan fingerprint density at radius 3 is 1.50 bits per heavy atom. The molecule has 0 fully saturated rings. The van der Waals surface area contributed by atoms with Gasteiger partial charge in [-0.3, -0.25) is 18.6 Å². The van der Waals surface area contributed by atoms with Crippen LogP contribution in [0.4, 0.5) is 0 Å². The molecule has 52 heavy (non-hydrogen) atoms. The predicted octanol–water partition coefficient (Wildman–Crippen LogP) is 10.4. The number of allylic oxidation sites excluding steroid dienone is 6. The zero-order chi connectivity index (χ0) is 38.4. The molecule has 0 saturated heterocycles. The topological polar surface area (TPSA) is 149 Å². The van der Waals surface area contributed by atoms with Gasteiger partial charge in [0.05, 0.1) is 19.8 Å². The number of carbonyl (C=O) groups is 2. The normalized spacial score (nSPS) is 14.3. The average Bonchev–Trinajstić information content (AvgIpc) is 3.13. The van der Waals surface area contributed by atoms with Gasteiger partial charge >= 0.3 is 19.8 Å². The van der Waals surface area contributed by atoms with Crippen molar-refractivity contribution in [3.63, 3.8) is 0 Å². The van der Waals surface area contributed by atoms with Crippen molar-refractivity contribution < 1.29 is 47.8 Å². The number of phosphoric acid groups is 1. The third-order valence-electron chi connectivity index (χ3n) is 8.52. The standard InChI is InChI=1S/C41H75O10P/c1-3-5-7-9-11-13-15-17-18-19-20-21-23-24-26-28-30-32-40(44)48-36-39(37-50-52(46,47)49-35-38(43)34-42)51-41(45)33-31-29-27-25-22-16-14-12-10-8-6-4-2/h11-14,17-18,38-39,42-43H,3-10,15-16,19-37H2,1-2H3,(H,46,47)/b13-11+,14-12+,18-17+/t38-,39+/m1/s1. The second-order valence-corrected chi connectivity index (χ2v) is 15.1. The van der Waals surface area contributed by atoms with Crippen molar-refractivity contribution in [3.05, 3.63) is 36.5 Å².